The van der Waals surface area contributed by atoms with Gasteiger partial charge in [0.1, 0.15) is 23.3 Å². The fraction of sp³-hybridized carbons (Fsp3) is 0.286. The second kappa shape index (κ2) is 7.98. The number of likely N-dealkylation sites (N-methyl/N-ethyl adjacent to an activating group) is 1. The van der Waals surface area contributed by atoms with Gasteiger partial charge in [-0.15, -0.1) is 0 Å². The lowest BCUT2D eigenvalue weighted by molar-refractivity contribution is 0.246. The van der Waals surface area contributed by atoms with Crippen LogP contribution < -0.4 is 5.32 Å². The molecule has 1 N–H and O–H groups in total. The molecule has 3 aromatic rings. The van der Waals surface area contributed by atoms with Gasteiger partial charge >= 0.3 is 0 Å². The standard InChI is InChI=1S/C21H21F2N5/c1-28-7-3-5-15(13-28)21-26-19(14-4-2-6-24-12-14)11-20(27-21)25-18-9-16(22)8-17(23)10-18/h2,4,6,8-12,15H,3,5,7,13H2,1H3,(H,25,26,27). The number of benzene rings is 1. The van der Waals surface area contributed by atoms with Crippen molar-refractivity contribution in [2.24, 2.45) is 0 Å². The first-order chi connectivity index (χ1) is 13.6. The lowest BCUT2D eigenvalue weighted by Crippen LogP contribution is -2.31. The molecule has 3 heterocycles. The van der Waals surface area contributed by atoms with Gasteiger partial charge in [0.15, 0.2) is 0 Å². The lowest BCUT2D eigenvalue weighted by atomic mass is 9.97. The summed E-state index contributed by atoms with van der Waals surface area (Å²) in [7, 11) is 2.09. The van der Waals surface area contributed by atoms with Gasteiger partial charge < -0.3 is 10.2 Å². The number of hydrogen-bond acceptors (Lipinski definition) is 5. The largest absolute Gasteiger partial charge is 0.340 e. The van der Waals surface area contributed by atoms with Crippen LogP contribution in [0.5, 0.6) is 0 Å². The number of likely N-dealkylation sites (tertiary alicyclic amines) is 1. The molecule has 0 radical (unpaired) electrons. The van der Waals surface area contributed by atoms with Crippen molar-refractivity contribution in [3.8, 4) is 11.3 Å². The highest BCUT2D eigenvalue weighted by molar-refractivity contribution is 5.65. The van der Waals surface area contributed by atoms with Gasteiger partial charge in [-0.1, -0.05) is 0 Å². The number of nitrogens with one attached hydrogen (secondary N) is 1. The first kappa shape index (κ1) is 18.4. The Hall–Kier alpha value is -2.93. The molecule has 0 amide bonds. The Labute approximate surface area is 162 Å². The summed E-state index contributed by atoms with van der Waals surface area (Å²) in [4.78, 5) is 15.9. The molecule has 0 saturated carbocycles. The fourth-order valence-corrected chi connectivity index (χ4v) is 3.53. The quantitative estimate of drug-likeness (QED) is 0.727. The minimum Gasteiger partial charge on any atom is -0.340 e. The summed E-state index contributed by atoms with van der Waals surface area (Å²) in [6, 6.07) is 8.87. The molecular weight excluding hydrogens is 360 g/mol. The second-order valence-electron chi connectivity index (χ2n) is 7.12. The molecule has 144 valence electrons. The molecule has 1 aliphatic rings. The second-order valence-corrected chi connectivity index (χ2v) is 7.12. The normalized spacial score (nSPS) is 17.5. The number of nitrogens with zero attached hydrogens (tertiary/aromatic N) is 4. The van der Waals surface area contributed by atoms with Crippen molar-refractivity contribution in [1.82, 2.24) is 19.9 Å². The van der Waals surface area contributed by atoms with Crippen LogP contribution in [0.4, 0.5) is 20.3 Å². The van der Waals surface area contributed by atoms with Crippen LogP contribution in [0.2, 0.25) is 0 Å². The smallest absolute Gasteiger partial charge is 0.135 e. The van der Waals surface area contributed by atoms with Crippen LogP contribution >= 0.6 is 0 Å². The van der Waals surface area contributed by atoms with E-state index in [9.17, 15) is 8.78 Å². The number of rotatable bonds is 4. The van der Waals surface area contributed by atoms with Gasteiger partial charge in [-0.3, -0.25) is 4.98 Å². The van der Waals surface area contributed by atoms with E-state index in [2.05, 4.69) is 27.2 Å². The highest BCUT2D eigenvalue weighted by atomic mass is 19.1. The third-order valence-electron chi connectivity index (χ3n) is 4.83. The topological polar surface area (TPSA) is 53.9 Å². The average molecular weight is 381 g/mol. The van der Waals surface area contributed by atoms with E-state index in [0.717, 1.165) is 49.1 Å². The van der Waals surface area contributed by atoms with Crippen LogP contribution in [0, 0.1) is 11.6 Å². The predicted octanol–water partition coefficient (Wildman–Crippen LogP) is 4.37. The maximum absolute atomic E-state index is 13.6. The maximum Gasteiger partial charge on any atom is 0.135 e. The SMILES string of the molecule is CN1CCCC(c2nc(Nc3cc(F)cc(F)c3)cc(-c3cccnc3)n2)C1. The molecule has 4 rings (SSSR count). The van der Waals surface area contributed by atoms with E-state index in [-0.39, 0.29) is 5.92 Å². The van der Waals surface area contributed by atoms with Crippen LogP contribution in [0.1, 0.15) is 24.6 Å². The molecule has 0 spiro atoms. The Kier molecular flexibility index (Phi) is 5.25. The zero-order valence-corrected chi connectivity index (χ0v) is 15.6. The molecule has 1 unspecified atom stereocenters. The van der Waals surface area contributed by atoms with Crippen LogP contribution in [0.15, 0.2) is 48.8 Å². The molecule has 2 aromatic heterocycles. The molecule has 0 bridgehead atoms. The third kappa shape index (κ3) is 4.31. The molecule has 5 nitrogen and oxygen atoms in total. The number of pyridine rings is 1. The minimum absolute atomic E-state index is 0.208. The first-order valence-electron chi connectivity index (χ1n) is 9.28. The van der Waals surface area contributed by atoms with Crippen LogP contribution in [-0.2, 0) is 0 Å². The number of aromatic nitrogens is 3. The maximum atomic E-state index is 13.6. The zero-order chi connectivity index (χ0) is 19.5. The van der Waals surface area contributed by atoms with Crippen molar-refractivity contribution in [2.45, 2.75) is 18.8 Å². The number of anilines is 2. The van der Waals surface area contributed by atoms with Gasteiger partial charge in [-0.2, -0.15) is 0 Å². The van der Waals surface area contributed by atoms with Gasteiger partial charge in [0.05, 0.1) is 5.69 Å². The van der Waals surface area contributed by atoms with Crippen LogP contribution in [0.3, 0.4) is 0 Å². The summed E-state index contributed by atoms with van der Waals surface area (Å²) in [5.74, 6) is 0.158. The monoisotopic (exact) mass is 381 g/mol. The zero-order valence-electron chi connectivity index (χ0n) is 15.6. The number of piperidine rings is 1. The summed E-state index contributed by atoms with van der Waals surface area (Å²) in [6.07, 6.45) is 5.54. The number of halogens is 2. The molecule has 7 heteroatoms. The Morgan fingerprint density at radius 2 is 1.93 bits per heavy atom. The summed E-state index contributed by atoms with van der Waals surface area (Å²) in [5.41, 5.74) is 1.90. The van der Waals surface area contributed by atoms with Crippen molar-refractivity contribution in [3.63, 3.8) is 0 Å². The summed E-state index contributed by atoms with van der Waals surface area (Å²) in [5, 5.41) is 3.02. The van der Waals surface area contributed by atoms with E-state index in [0.29, 0.717) is 11.5 Å². The first-order valence-corrected chi connectivity index (χ1v) is 9.28. The van der Waals surface area contributed by atoms with Gasteiger partial charge in [-0.05, 0) is 50.7 Å². The van der Waals surface area contributed by atoms with E-state index in [1.165, 1.54) is 12.1 Å². The molecule has 1 atom stereocenters. The predicted molar refractivity (Wildman–Crippen MR) is 104 cm³/mol. The van der Waals surface area contributed by atoms with Crippen molar-refractivity contribution in [1.29, 1.82) is 0 Å². The van der Waals surface area contributed by atoms with E-state index < -0.39 is 11.6 Å². The van der Waals surface area contributed by atoms with Crippen molar-refractivity contribution < 1.29 is 8.78 Å². The van der Waals surface area contributed by atoms with Crippen LogP contribution in [-0.4, -0.2) is 40.0 Å². The van der Waals surface area contributed by atoms with Crippen molar-refractivity contribution in [2.75, 3.05) is 25.5 Å². The van der Waals surface area contributed by atoms with Gasteiger partial charge in [0, 0.05) is 48.2 Å². The van der Waals surface area contributed by atoms with Crippen molar-refractivity contribution >= 4 is 11.5 Å². The minimum atomic E-state index is -0.641. The van der Waals surface area contributed by atoms with E-state index in [4.69, 9.17) is 4.98 Å². The van der Waals surface area contributed by atoms with E-state index in [1.807, 2.05) is 12.1 Å². The molecule has 1 saturated heterocycles. The molecule has 0 aliphatic carbocycles. The highest BCUT2D eigenvalue weighted by Crippen LogP contribution is 2.28. The Bertz CT molecular complexity index is 944. The van der Waals surface area contributed by atoms with Gasteiger partial charge in [0.2, 0.25) is 0 Å². The fourth-order valence-electron chi connectivity index (χ4n) is 3.53. The molecule has 1 aromatic carbocycles. The highest BCUT2D eigenvalue weighted by Gasteiger charge is 2.22. The van der Waals surface area contributed by atoms with E-state index in [1.54, 1.807) is 18.5 Å². The summed E-state index contributed by atoms with van der Waals surface area (Å²) >= 11 is 0. The summed E-state index contributed by atoms with van der Waals surface area (Å²) in [6.45, 7) is 1.94. The lowest BCUT2D eigenvalue weighted by Gasteiger charge is -2.29. The van der Waals surface area contributed by atoms with Crippen LogP contribution in [0.25, 0.3) is 11.3 Å². The van der Waals surface area contributed by atoms with Gasteiger partial charge in [0.25, 0.3) is 0 Å². The Balaban J connectivity index is 1.73. The Morgan fingerprint density at radius 3 is 2.64 bits per heavy atom. The van der Waals surface area contributed by atoms with E-state index >= 15 is 0 Å². The average Bonchev–Trinajstić information content (AvgIpc) is 2.67. The van der Waals surface area contributed by atoms with Crippen molar-refractivity contribution in [3.05, 3.63) is 66.3 Å². The number of hydrogen-bond donors (Lipinski definition) is 1. The molecule has 28 heavy (non-hydrogen) atoms. The molecular formula is C21H21F2N5. The molecule has 1 aliphatic heterocycles. The third-order valence-corrected chi connectivity index (χ3v) is 4.83. The molecule has 1 fully saturated rings. The summed E-state index contributed by atoms with van der Waals surface area (Å²) < 4.78 is 27.1. The van der Waals surface area contributed by atoms with Gasteiger partial charge in [-0.25, -0.2) is 18.7 Å². The Morgan fingerprint density at radius 1 is 1.11 bits per heavy atom.